The molecule has 0 aliphatic carbocycles. The van der Waals surface area contributed by atoms with Gasteiger partial charge >= 0.3 is 0 Å². The lowest BCUT2D eigenvalue weighted by Crippen LogP contribution is -2.34. The van der Waals surface area contributed by atoms with Gasteiger partial charge in [0.15, 0.2) is 6.61 Å². The molecule has 5 nitrogen and oxygen atoms in total. The first-order valence-electron chi connectivity index (χ1n) is 10.3. The van der Waals surface area contributed by atoms with E-state index in [-0.39, 0.29) is 12.5 Å². The molecule has 2 heterocycles. The summed E-state index contributed by atoms with van der Waals surface area (Å²) in [5, 5.41) is 4.43. The Kier molecular flexibility index (Phi) is 6.09. The van der Waals surface area contributed by atoms with Crippen molar-refractivity contribution < 1.29 is 9.53 Å². The molecule has 1 atom stereocenters. The molecular formula is C24H26ClN3O2. The van der Waals surface area contributed by atoms with Crippen molar-refractivity contribution in [3.05, 3.63) is 59.1 Å². The van der Waals surface area contributed by atoms with E-state index in [1.807, 2.05) is 37.3 Å². The molecule has 1 unspecified atom stereocenters. The monoisotopic (exact) mass is 423 g/mol. The summed E-state index contributed by atoms with van der Waals surface area (Å²) in [6.07, 6.45) is 2.45. The normalized spacial score (nSPS) is 16.5. The Hall–Kier alpha value is -2.79. The molecule has 1 amide bonds. The second-order valence-corrected chi connectivity index (χ2v) is 8.40. The molecule has 1 N–H and O–H groups in total. The third-order valence-electron chi connectivity index (χ3n) is 5.46. The zero-order chi connectivity index (χ0) is 21.1. The first-order valence-corrected chi connectivity index (χ1v) is 10.7. The van der Waals surface area contributed by atoms with Gasteiger partial charge in [-0.25, -0.2) is 4.98 Å². The van der Waals surface area contributed by atoms with Crippen molar-refractivity contribution in [1.29, 1.82) is 0 Å². The summed E-state index contributed by atoms with van der Waals surface area (Å²) in [4.78, 5) is 19.6. The van der Waals surface area contributed by atoms with Crippen LogP contribution >= 0.6 is 11.6 Å². The van der Waals surface area contributed by atoms with Crippen LogP contribution in [-0.2, 0) is 4.79 Å². The van der Waals surface area contributed by atoms with Crippen LogP contribution in [0.4, 0.5) is 11.5 Å². The predicted molar refractivity (Wildman–Crippen MR) is 123 cm³/mol. The van der Waals surface area contributed by atoms with Gasteiger partial charge in [0.1, 0.15) is 17.1 Å². The van der Waals surface area contributed by atoms with Gasteiger partial charge in [0, 0.05) is 29.2 Å². The third kappa shape index (κ3) is 4.68. The molecule has 2 aromatic carbocycles. The summed E-state index contributed by atoms with van der Waals surface area (Å²) in [5.74, 6) is 2.00. The van der Waals surface area contributed by atoms with Crippen LogP contribution in [0.1, 0.15) is 25.3 Å². The number of benzene rings is 2. The highest BCUT2D eigenvalue weighted by Gasteiger charge is 2.18. The lowest BCUT2D eigenvalue weighted by atomic mass is 10.0. The maximum Gasteiger partial charge on any atom is 0.262 e. The Labute approximate surface area is 182 Å². The van der Waals surface area contributed by atoms with Gasteiger partial charge in [-0.1, -0.05) is 36.7 Å². The quantitative estimate of drug-likeness (QED) is 0.592. The fourth-order valence-corrected chi connectivity index (χ4v) is 3.99. The number of para-hydroxylation sites is 1. The maximum atomic E-state index is 12.4. The number of piperidine rings is 1. The van der Waals surface area contributed by atoms with E-state index in [0.717, 1.165) is 35.4 Å². The molecule has 30 heavy (non-hydrogen) atoms. The number of rotatable bonds is 5. The molecule has 3 aromatic rings. The highest BCUT2D eigenvalue weighted by molar-refractivity contribution is 6.31. The SMILES string of the molecule is Cc1ccc(NC(=O)COc2cccc3ccc(N4CCCC(C)C4)nc23)cc1Cl. The number of halogens is 1. The Morgan fingerprint density at radius 1 is 1.27 bits per heavy atom. The van der Waals surface area contributed by atoms with Crippen LogP contribution < -0.4 is 15.0 Å². The number of amides is 1. The van der Waals surface area contributed by atoms with Crippen molar-refractivity contribution >= 4 is 39.9 Å². The van der Waals surface area contributed by atoms with Crippen LogP contribution in [-0.4, -0.2) is 30.6 Å². The highest BCUT2D eigenvalue weighted by atomic mass is 35.5. The van der Waals surface area contributed by atoms with Crippen molar-refractivity contribution in [2.45, 2.75) is 26.7 Å². The molecule has 6 heteroatoms. The number of anilines is 2. The molecular weight excluding hydrogens is 398 g/mol. The lowest BCUT2D eigenvalue weighted by Gasteiger charge is -2.32. The Balaban J connectivity index is 1.48. The number of nitrogens with one attached hydrogen (secondary N) is 1. The van der Waals surface area contributed by atoms with Gasteiger partial charge in [-0.15, -0.1) is 0 Å². The summed E-state index contributed by atoms with van der Waals surface area (Å²) >= 11 is 6.13. The van der Waals surface area contributed by atoms with Gasteiger partial charge in [-0.2, -0.15) is 0 Å². The van der Waals surface area contributed by atoms with Gasteiger partial charge in [0.2, 0.25) is 0 Å². The standard InChI is InChI=1S/C24H26ClN3O2/c1-16-5-4-12-28(14-16)22-11-9-18-6-3-7-21(24(18)27-22)30-15-23(29)26-19-10-8-17(2)20(25)13-19/h3,6-11,13,16H,4-5,12,14-15H2,1-2H3,(H,26,29). The Morgan fingerprint density at radius 2 is 2.13 bits per heavy atom. The summed E-state index contributed by atoms with van der Waals surface area (Å²) in [6, 6.07) is 15.3. The zero-order valence-electron chi connectivity index (χ0n) is 17.3. The number of carbonyl (C=O) groups excluding carboxylic acids is 1. The molecule has 156 valence electrons. The molecule has 1 saturated heterocycles. The van der Waals surface area contributed by atoms with Crippen molar-refractivity contribution in [3.8, 4) is 5.75 Å². The zero-order valence-corrected chi connectivity index (χ0v) is 18.1. The minimum Gasteiger partial charge on any atom is -0.481 e. The van der Waals surface area contributed by atoms with E-state index >= 15 is 0 Å². The second-order valence-electron chi connectivity index (χ2n) is 7.99. The topological polar surface area (TPSA) is 54.5 Å². The maximum absolute atomic E-state index is 12.4. The van der Waals surface area contributed by atoms with Crippen LogP contribution in [0.15, 0.2) is 48.5 Å². The average Bonchev–Trinajstić information content (AvgIpc) is 2.74. The Morgan fingerprint density at radius 3 is 2.93 bits per heavy atom. The van der Waals surface area contributed by atoms with Crippen LogP contribution in [0, 0.1) is 12.8 Å². The average molecular weight is 424 g/mol. The van der Waals surface area contributed by atoms with Crippen LogP contribution in [0.2, 0.25) is 5.02 Å². The van der Waals surface area contributed by atoms with Crippen LogP contribution in [0.25, 0.3) is 10.9 Å². The highest BCUT2D eigenvalue weighted by Crippen LogP contribution is 2.28. The molecule has 4 rings (SSSR count). The van der Waals surface area contributed by atoms with Crippen molar-refractivity contribution in [2.75, 3.05) is 29.9 Å². The van der Waals surface area contributed by atoms with E-state index in [9.17, 15) is 4.79 Å². The molecule has 0 radical (unpaired) electrons. The number of carbonyl (C=O) groups is 1. The molecule has 1 aromatic heterocycles. The van der Waals surface area contributed by atoms with Gasteiger partial charge in [-0.05, 0) is 61.6 Å². The summed E-state index contributed by atoms with van der Waals surface area (Å²) in [6.45, 7) is 6.14. The van der Waals surface area contributed by atoms with E-state index in [1.54, 1.807) is 6.07 Å². The predicted octanol–water partition coefficient (Wildman–Crippen LogP) is 5.45. The molecule has 1 aliphatic heterocycles. The molecule has 0 bridgehead atoms. The van der Waals surface area contributed by atoms with E-state index < -0.39 is 0 Å². The first kappa shape index (κ1) is 20.5. The van der Waals surface area contributed by atoms with Crippen molar-refractivity contribution in [2.24, 2.45) is 5.92 Å². The van der Waals surface area contributed by atoms with Crippen molar-refractivity contribution in [3.63, 3.8) is 0 Å². The van der Waals surface area contributed by atoms with Gasteiger partial charge in [0.25, 0.3) is 5.91 Å². The number of hydrogen-bond acceptors (Lipinski definition) is 4. The molecule has 0 saturated carbocycles. The van der Waals surface area contributed by atoms with Crippen LogP contribution in [0.5, 0.6) is 5.75 Å². The number of fused-ring (bicyclic) bond motifs is 1. The van der Waals surface area contributed by atoms with E-state index in [4.69, 9.17) is 21.3 Å². The second kappa shape index (κ2) is 8.92. The minimum atomic E-state index is -0.243. The number of nitrogens with zero attached hydrogens (tertiary/aromatic N) is 2. The van der Waals surface area contributed by atoms with Crippen LogP contribution in [0.3, 0.4) is 0 Å². The fourth-order valence-electron chi connectivity index (χ4n) is 3.81. The number of hydrogen-bond donors (Lipinski definition) is 1. The van der Waals surface area contributed by atoms with Crippen molar-refractivity contribution in [1.82, 2.24) is 4.98 Å². The smallest absolute Gasteiger partial charge is 0.262 e. The Bertz CT molecular complexity index is 1070. The van der Waals surface area contributed by atoms with E-state index in [0.29, 0.717) is 22.4 Å². The number of pyridine rings is 1. The summed E-state index contributed by atoms with van der Waals surface area (Å²) in [5.41, 5.74) is 2.39. The fraction of sp³-hybridized carbons (Fsp3) is 0.333. The number of aromatic nitrogens is 1. The first-order chi connectivity index (χ1) is 14.5. The molecule has 1 fully saturated rings. The minimum absolute atomic E-state index is 0.0999. The third-order valence-corrected chi connectivity index (χ3v) is 5.87. The summed E-state index contributed by atoms with van der Waals surface area (Å²) in [7, 11) is 0. The van der Waals surface area contributed by atoms with Gasteiger partial charge in [-0.3, -0.25) is 4.79 Å². The van der Waals surface area contributed by atoms with Gasteiger partial charge in [0.05, 0.1) is 0 Å². The molecule has 0 spiro atoms. The number of ether oxygens (including phenoxy) is 1. The van der Waals surface area contributed by atoms with E-state index in [2.05, 4.69) is 29.3 Å². The molecule has 1 aliphatic rings. The number of aryl methyl sites for hydroxylation is 1. The van der Waals surface area contributed by atoms with E-state index in [1.165, 1.54) is 12.8 Å². The van der Waals surface area contributed by atoms with Gasteiger partial charge < -0.3 is 15.0 Å². The largest absolute Gasteiger partial charge is 0.481 e. The summed E-state index contributed by atoms with van der Waals surface area (Å²) < 4.78 is 5.84. The lowest BCUT2D eigenvalue weighted by molar-refractivity contribution is -0.118.